The van der Waals surface area contributed by atoms with Crippen molar-refractivity contribution in [3.63, 3.8) is 0 Å². The summed E-state index contributed by atoms with van der Waals surface area (Å²) >= 11 is 0. The van der Waals surface area contributed by atoms with E-state index in [1.807, 2.05) is 0 Å². The van der Waals surface area contributed by atoms with E-state index in [1.54, 1.807) is 0 Å². The largest absolute Gasteiger partial charge is 0.339 e. The lowest BCUT2D eigenvalue weighted by Crippen LogP contribution is -2.36. The van der Waals surface area contributed by atoms with E-state index in [4.69, 9.17) is 9.64 Å². The summed E-state index contributed by atoms with van der Waals surface area (Å²) in [4.78, 5) is 27.9. The van der Waals surface area contributed by atoms with Crippen LogP contribution < -0.4 is 11.2 Å². The van der Waals surface area contributed by atoms with Crippen molar-refractivity contribution in [1.29, 1.82) is 0 Å². The second-order valence-electron chi connectivity index (χ2n) is 2.30. The zero-order chi connectivity index (χ0) is 15.5. The number of hydrogen-bond donors (Lipinski definition) is 1. The Morgan fingerprint density at radius 2 is 2.31 bits per heavy atom. The molecule has 6 nitrogen and oxygen atoms in total. The summed E-state index contributed by atoms with van der Waals surface area (Å²) in [5, 5.41) is 0. The van der Waals surface area contributed by atoms with Gasteiger partial charge in [-0.1, -0.05) is 0 Å². The van der Waals surface area contributed by atoms with Crippen LogP contribution in [0.15, 0.2) is 15.9 Å². The number of rotatable bonds is 0. The fraction of sp³-hybridized carbons (Fsp3) is 0.286. The highest BCUT2D eigenvalue weighted by atomic mass is 16.2. The third kappa shape index (κ3) is 0.851. The van der Waals surface area contributed by atoms with Crippen LogP contribution >= 0.6 is 0 Å². The van der Waals surface area contributed by atoms with Crippen LogP contribution in [0, 0.1) is 0 Å². The molecule has 0 aliphatic rings. The standard InChI is InChI=1S/C7H8N4O2/c1-10-5-4(8-3-9-5)6(12)11(2)7(10)13/h3H,1-2H3,(H,8,9)/i1D3,2D3/hD. The van der Waals surface area contributed by atoms with Gasteiger partial charge in [0.2, 0.25) is 0 Å². The van der Waals surface area contributed by atoms with Gasteiger partial charge in [0.05, 0.1) is 6.33 Å². The number of imidazole rings is 1. The Balaban J connectivity index is 3.16. The lowest BCUT2D eigenvalue weighted by atomic mass is 10.5. The molecule has 13 heavy (non-hydrogen) atoms. The van der Waals surface area contributed by atoms with Crippen molar-refractivity contribution in [3.05, 3.63) is 27.2 Å². The smallest absolute Gasteiger partial charge is 0.332 e. The predicted molar refractivity (Wildman–Crippen MR) is 46.6 cm³/mol. The second-order valence-corrected chi connectivity index (χ2v) is 2.30. The van der Waals surface area contributed by atoms with E-state index in [1.165, 1.54) is 0 Å². The summed E-state index contributed by atoms with van der Waals surface area (Å²) in [6, 6.07) is 0. The molecular weight excluding hydrogens is 172 g/mol. The first-order chi connectivity index (χ1) is 8.96. The van der Waals surface area contributed by atoms with Gasteiger partial charge in [-0.2, -0.15) is 0 Å². The molecule has 0 bridgehead atoms. The summed E-state index contributed by atoms with van der Waals surface area (Å²) in [5.74, 6) is 0. The first-order valence-electron chi connectivity index (χ1n) is 6.66. The molecular formula is C7H8N4O2. The van der Waals surface area contributed by atoms with Crippen LogP contribution in [0.25, 0.3) is 11.2 Å². The van der Waals surface area contributed by atoms with Crippen LogP contribution in [0.5, 0.6) is 0 Å². The molecule has 0 atom stereocenters. The Labute approximate surface area is 82.3 Å². The Kier molecular flexibility index (Phi) is 0.558. The number of nitrogens with zero attached hydrogens (tertiary/aromatic N) is 3. The Morgan fingerprint density at radius 3 is 3.00 bits per heavy atom. The molecule has 6 heteroatoms. The predicted octanol–water partition coefficient (Wildman–Crippen LogP) is -1.04. The highest BCUT2D eigenvalue weighted by Crippen LogP contribution is 1.97. The van der Waals surface area contributed by atoms with E-state index >= 15 is 0 Å². The number of fused-ring (bicyclic) bond motifs is 1. The number of aromatic amines is 1. The quantitative estimate of drug-likeness (QED) is 0.572. The molecule has 0 fully saturated rings. The van der Waals surface area contributed by atoms with Gasteiger partial charge in [0.15, 0.2) is 7.06 Å². The lowest BCUT2D eigenvalue weighted by molar-refractivity contribution is 0.709. The lowest BCUT2D eigenvalue weighted by Gasteiger charge is -2.00. The SMILES string of the molecule is [2H]n1cnc2c1c(=O)n(C([2H])([2H])[2H])c(=O)n2C([2H])([2H])[2H]. The molecule has 68 valence electrons. The Hall–Kier alpha value is -1.85. The highest BCUT2D eigenvalue weighted by Gasteiger charge is 2.08. The summed E-state index contributed by atoms with van der Waals surface area (Å²) < 4.78 is 50.6. The molecule has 0 saturated carbocycles. The van der Waals surface area contributed by atoms with Crippen LogP contribution in [0.3, 0.4) is 0 Å². The van der Waals surface area contributed by atoms with Crippen molar-refractivity contribution in [3.8, 4) is 0 Å². The molecule has 0 amide bonds. The zero-order valence-corrected chi connectivity index (χ0v) is 6.18. The molecule has 2 heterocycles. The normalized spacial score (nSPS) is 20.8. The average molecular weight is 187 g/mol. The van der Waals surface area contributed by atoms with Gasteiger partial charge >= 0.3 is 5.69 Å². The first kappa shape index (κ1) is 3.13. The molecule has 0 aliphatic heterocycles. The van der Waals surface area contributed by atoms with Gasteiger partial charge < -0.3 is 4.98 Å². The van der Waals surface area contributed by atoms with Crippen LogP contribution in [-0.2, 0) is 14.0 Å². The van der Waals surface area contributed by atoms with E-state index in [-0.39, 0.29) is 9.13 Å². The molecule has 0 unspecified atom stereocenters. The van der Waals surface area contributed by atoms with Crippen molar-refractivity contribution in [2.24, 2.45) is 14.0 Å². The first-order valence-corrected chi connectivity index (χ1v) is 3.21. The van der Waals surface area contributed by atoms with E-state index < -0.39 is 36.4 Å². The molecule has 0 aromatic carbocycles. The summed E-state index contributed by atoms with van der Waals surface area (Å²) in [7, 11) is 0. The van der Waals surface area contributed by atoms with Crippen LogP contribution in [-0.4, -0.2) is 19.1 Å². The van der Waals surface area contributed by atoms with Gasteiger partial charge in [0.1, 0.15) is 5.52 Å². The summed E-state index contributed by atoms with van der Waals surface area (Å²) in [6.45, 7) is -6.20. The molecule has 0 radical (unpaired) electrons. The summed E-state index contributed by atoms with van der Waals surface area (Å²) in [5.41, 5.74) is -3.98. The van der Waals surface area contributed by atoms with Gasteiger partial charge in [-0.15, -0.1) is 0 Å². The van der Waals surface area contributed by atoms with Gasteiger partial charge in [-0.25, -0.2) is 9.78 Å². The molecule has 2 aromatic rings. The minimum Gasteiger partial charge on any atom is -0.339 e. The highest BCUT2D eigenvalue weighted by molar-refractivity contribution is 5.68. The number of hydrogen-bond acceptors (Lipinski definition) is 3. The minimum absolute atomic E-state index is 0.112. The Morgan fingerprint density at radius 1 is 1.54 bits per heavy atom. The van der Waals surface area contributed by atoms with Crippen molar-refractivity contribution in [2.75, 3.05) is 0 Å². The molecule has 2 rings (SSSR count). The summed E-state index contributed by atoms with van der Waals surface area (Å²) in [6.07, 6.45) is 0.803. The third-order valence-electron chi connectivity index (χ3n) is 1.58. The zero-order valence-electron chi connectivity index (χ0n) is 13.2. The topological polar surface area (TPSA) is 72.7 Å². The van der Waals surface area contributed by atoms with Gasteiger partial charge in [-0.05, 0) is 0 Å². The molecule has 1 N–H and O–H groups in total. The van der Waals surface area contributed by atoms with Crippen molar-refractivity contribution in [1.82, 2.24) is 19.1 Å². The fourth-order valence-corrected chi connectivity index (χ4v) is 0.958. The maximum absolute atomic E-state index is 12.0. The van der Waals surface area contributed by atoms with Crippen LogP contribution in [0.1, 0.15) is 8.22 Å². The maximum Gasteiger partial charge on any atom is 0.332 e. The van der Waals surface area contributed by atoms with E-state index in [0.717, 1.165) is 6.33 Å². The molecule has 0 aliphatic carbocycles. The molecule has 0 saturated heterocycles. The number of aromatic nitrogens is 4. The van der Waals surface area contributed by atoms with E-state index in [0.29, 0.717) is 4.98 Å². The third-order valence-corrected chi connectivity index (χ3v) is 1.58. The fourth-order valence-electron chi connectivity index (χ4n) is 0.958. The monoisotopic (exact) mass is 187 g/mol. The van der Waals surface area contributed by atoms with Gasteiger partial charge in [-0.3, -0.25) is 13.9 Å². The van der Waals surface area contributed by atoms with Crippen molar-refractivity contribution in [2.45, 2.75) is 0 Å². The van der Waals surface area contributed by atoms with E-state index in [9.17, 15) is 9.59 Å². The van der Waals surface area contributed by atoms with Crippen molar-refractivity contribution >= 4 is 11.2 Å². The van der Waals surface area contributed by atoms with Gasteiger partial charge in [0, 0.05) is 22.2 Å². The minimum atomic E-state index is -3.17. The van der Waals surface area contributed by atoms with Gasteiger partial charge in [0.25, 0.3) is 5.56 Å². The molecule has 0 spiro atoms. The van der Waals surface area contributed by atoms with Crippen LogP contribution in [0.2, 0.25) is 1.41 Å². The number of H-pyrrole nitrogens is 1. The number of aryl methyl sites for hydroxylation is 1. The second kappa shape index (κ2) is 2.32. The molecule has 2 aromatic heterocycles. The number of nitrogens with one attached hydrogen (secondary N) is 1. The maximum atomic E-state index is 12.0. The Bertz CT molecular complexity index is 793. The average Bonchev–Trinajstić information content (AvgIpc) is 2.56. The van der Waals surface area contributed by atoms with Crippen LogP contribution in [0.4, 0.5) is 0 Å². The van der Waals surface area contributed by atoms with E-state index in [2.05, 4.69) is 4.98 Å². The van der Waals surface area contributed by atoms with Crippen molar-refractivity contribution < 1.29 is 9.64 Å².